The predicted molar refractivity (Wildman–Crippen MR) is 98.6 cm³/mol. The molecule has 0 radical (unpaired) electrons. The van der Waals surface area contributed by atoms with Gasteiger partial charge in [0.05, 0.1) is 30.0 Å². The van der Waals surface area contributed by atoms with E-state index >= 15 is 0 Å². The molecule has 2 bridgehead atoms. The van der Waals surface area contributed by atoms with Crippen molar-refractivity contribution in [2.75, 3.05) is 11.5 Å². The first kappa shape index (κ1) is 16.2. The smallest absolute Gasteiger partial charge is 0.238 e. The summed E-state index contributed by atoms with van der Waals surface area (Å²) in [6, 6.07) is 14.7. The summed E-state index contributed by atoms with van der Waals surface area (Å²) < 4.78 is 5.44. The fourth-order valence-corrected chi connectivity index (χ4v) is 5.07. The van der Waals surface area contributed by atoms with Gasteiger partial charge < -0.3 is 4.74 Å². The third-order valence-corrected chi connectivity index (χ3v) is 6.10. The third kappa shape index (κ3) is 2.14. The van der Waals surface area contributed by atoms with Gasteiger partial charge in [-0.1, -0.05) is 24.3 Å². The second-order valence-corrected chi connectivity index (χ2v) is 7.37. The van der Waals surface area contributed by atoms with E-state index in [1.165, 1.54) is 4.90 Å². The number of fused-ring (bicyclic) bond motifs is 1. The van der Waals surface area contributed by atoms with Crippen LogP contribution in [0.3, 0.4) is 0 Å². The topological polar surface area (TPSA) is 63.7 Å². The molecule has 6 rings (SSSR count). The monoisotopic (exact) mass is 361 g/mol. The number of rotatable bonds is 3. The molecule has 1 heterocycles. The van der Waals surface area contributed by atoms with Gasteiger partial charge in [0.15, 0.2) is 0 Å². The summed E-state index contributed by atoms with van der Waals surface area (Å²) in [5.41, 5.74) is 2.52. The Kier molecular flexibility index (Phi) is 3.47. The lowest BCUT2D eigenvalue weighted by molar-refractivity contribution is -0.134. The summed E-state index contributed by atoms with van der Waals surface area (Å²) >= 11 is 0. The molecule has 1 saturated carbocycles. The number of amides is 2. The molecule has 4 aliphatic rings. The molecule has 0 unspecified atom stereocenters. The van der Waals surface area contributed by atoms with Crippen LogP contribution in [0.4, 0.5) is 5.69 Å². The van der Waals surface area contributed by atoms with Crippen LogP contribution >= 0.6 is 0 Å². The Hall–Kier alpha value is -2.95. The van der Waals surface area contributed by atoms with Crippen molar-refractivity contribution in [3.8, 4) is 5.75 Å². The highest BCUT2D eigenvalue weighted by Crippen LogP contribution is 2.57. The van der Waals surface area contributed by atoms with Crippen molar-refractivity contribution in [3.63, 3.8) is 0 Å². The van der Waals surface area contributed by atoms with E-state index in [2.05, 4.69) is 0 Å². The number of Topliss-reactive ketones (excluding diaryl/α,β-unsaturated/α-hetero) is 1. The molecule has 2 amide bonds. The van der Waals surface area contributed by atoms with Crippen LogP contribution in [-0.2, 0) is 14.4 Å². The molecule has 1 aliphatic heterocycles. The fourth-order valence-electron chi connectivity index (χ4n) is 5.07. The zero-order valence-electron chi connectivity index (χ0n) is 14.9. The number of anilines is 1. The van der Waals surface area contributed by atoms with Gasteiger partial charge in [-0.3, -0.25) is 19.3 Å². The first-order valence-corrected chi connectivity index (χ1v) is 9.34. The van der Waals surface area contributed by atoms with Gasteiger partial charge in [-0.2, -0.15) is 0 Å². The lowest BCUT2D eigenvalue weighted by atomic mass is 9.56. The van der Waals surface area contributed by atoms with E-state index in [4.69, 9.17) is 4.74 Å². The van der Waals surface area contributed by atoms with Gasteiger partial charge in [0.25, 0.3) is 0 Å². The molecule has 1 saturated heterocycles. The minimum atomic E-state index is -0.579. The van der Waals surface area contributed by atoms with Crippen molar-refractivity contribution >= 4 is 23.3 Å². The lowest BCUT2D eigenvalue weighted by Crippen LogP contribution is -2.44. The number of ether oxygens (including phenoxy) is 1. The Morgan fingerprint density at radius 3 is 2.30 bits per heavy atom. The summed E-state index contributed by atoms with van der Waals surface area (Å²) in [5, 5.41) is 0. The molecular weight excluding hydrogens is 342 g/mol. The average molecular weight is 361 g/mol. The zero-order chi connectivity index (χ0) is 18.7. The number of benzene rings is 2. The minimum absolute atomic E-state index is 0.0784. The average Bonchev–Trinajstić information content (AvgIpc) is 2.95. The Balaban J connectivity index is 1.57. The Morgan fingerprint density at radius 2 is 1.59 bits per heavy atom. The van der Waals surface area contributed by atoms with Crippen LogP contribution in [0.15, 0.2) is 48.5 Å². The molecule has 0 spiro atoms. The molecule has 2 aromatic rings. The van der Waals surface area contributed by atoms with Crippen molar-refractivity contribution < 1.29 is 19.1 Å². The van der Waals surface area contributed by atoms with E-state index in [0.717, 1.165) is 11.1 Å². The van der Waals surface area contributed by atoms with E-state index in [1.54, 1.807) is 24.3 Å². The van der Waals surface area contributed by atoms with Crippen LogP contribution in [0.1, 0.15) is 36.3 Å². The SMILES string of the molecule is CCOc1ccc(N2C(=O)[C@@H]3[C@@H](C2=O)[C@H]2CC(=O)[C@@H]3c3ccccc32)cc1. The zero-order valence-corrected chi connectivity index (χ0v) is 14.9. The number of carbonyl (C=O) groups excluding carboxylic acids is 3. The van der Waals surface area contributed by atoms with Crippen molar-refractivity contribution in [2.45, 2.75) is 25.2 Å². The van der Waals surface area contributed by atoms with Crippen molar-refractivity contribution in [3.05, 3.63) is 59.7 Å². The van der Waals surface area contributed by atoms with Gasteiger partial charge >= 0.3 is 0 Å². The maximum atomic E-state index is 13.2. The second-order valence-electron chi connectivity index (χ2n) is 7.37. The number of carbonyl (C=O) groups is 3. The van der Waals surface area contributed by atoms with Crippen LogP contribution in [-0.4, -0.2) is 24.2 Å². The maximum Gasteiger partial charge on any atom is 0.238 e. The summed E-state index contributed by atoms with van der Waals surface area (Å²) in [5.74, 6) is -1.40. The number of hydrogen-bond donors (Lipinski definition) is 0. The molecule has 136 valence electrons. The van der Waals surface area contributed by atoms with Gasteiger partial charge in [0, 0.05) is 12.3 Å². The lowest BCUT2D eigenvalue weighted by Gasteiger charge is -2.43. The van der Waals surface area contributed by atoms with Gasteiger partial charge in [0.1, 0.15) is 11.5 Å². The normalized spacial score (nSPS) is 28.3. The maximum absolute atomic E-state index is 13.2. The first-order chi connectivity index (χ1) is 13.1. The summed E-state index contributed by atoms with van der Waals surface area (Å²) in [6.45, 7) is 2.45. The summed E-state index contributed by atoms with van der Waals surface area (Å²) in [7, 11) is 0. The molecular formula is C22H19NO4. The number of hydrogen-bond acceptors (Lipinski definition) is 4. The molecule has 2 fully saturated rings. The largest absolute Gasteiger partial charge is 0.494 e. The molecule has 3 aliphatic carbocycles. The Labute approximate surface area is 156 Å². The van der Waals surface area contributed by atoms with Crippen LogP contribution in [0.5, 0.6) is 5.75 Å². The van der Waals surface area contributed by atoms with E-state index in [1.807, 2.05) is 31.2 Å². The highest BCUT2D eigenvalue weighted by molar-refractivity contribution is 6.24. The van der Waals surface area contributed by atoms with Gasteiger partial charge in [-0.15, -0.1) is 0 Å². The third-order valence-electron chi connectivity index (χ3n) is 6.10. The van der Waals surface area contributed by atoms with Crippen molar-refractivity contribution in [1.29, 1.82) is 0 Å². The molecule has 0 N–H and O–H groups in total. The van der Waals surface area contributed by atoms with E-state index in [-0.39, 0.29) is 23.5 Å². The predicted octanol–water partition coefficient (Wildman–Crippen LogP) is 3.04. The highest BCUT2D eigenvalue weighted by atomic mass is 16.5. The molecule has 0 aromatic heterocycles. The van der Waals surface area contributed by atoms with Crippen LogP contribution in [0.25, 0.3) is 0 Å². The molecule has 2 aromatic carbocycles. The number of ketones is 1. The van der Waals surface area contributed by atoms with Crippen LogP contribution in [0, 0.1) is 11.8 Å². The van der Waals surface area contributed by atoms with E-state index in [0.29, 0.717) is 24.5 Å². The summed E-state index contributed by atoms with van der Waals surface area (Å²) in [4.78, 5) is 40.4. The van der Waals surface area contributed by atoms with E-state index in [9.17, 15) is 14.4 Å². The van der Waals surface area contributed by atoms with Gasteiger partial charge in [-0.05, 0) is 42.3 Å². The quantitative estimate of drug-likeness (QED) is 0.789. The van der Waals surface area contributed by atoms with Crippen molar-refractivity contribution in [1.82, 2.24) is 0 Å². The molecule has 27 heavy (non-hydrogen) atoms. The molecule has 4 atom stereocenters. The van der Waals surface area contributed by atoms with Crippen LogP contribution in [0.2, 0.25) is 0 Å². The Morgan fingerprint density at radius 1 is 0.926 bits per heavy atom. The minimum Gasteiger partial charge on any atom is -0.494 e. The van der Waals surface area contributed by atoms with Gasteiger partial charge in [0.2, 0.25) is 11.8 Å². The standard InChI is InChI=1S/C22H19NO4/c1-2-27-13-9-7-12(8-10-13)23-21(25)19-16-11-17(24)18(20(19)22(23)26)15-6-4-3-5-14(15)16/h3-10,16,18-20H,2,11H2,1H3/t16-,18-,19-,20-/m0/s1. The number of nitrogens with zero attached hydrogens (tertiary/aromatic N) is 1. The number of imide groups is 1. The molecule has 5 heteroatoms. The first-order valence-electron chi connectivity index (χ1n) is 9.34. The highest BCUT2D eigenvalue weighted by Gasteiger charge is 2.62. The van der Waals surface area contributed by atoms with Gasteiger partial charge in [-0.25, -0.2) is 0 Å². The van der Waals surface area contributed by atoms with E-state index < -0.39 is 17.8 Å². The van der Waals surface area contributed by atoms with Crippen molar-refractivity contribution in [2.24, 2.45) is 11.8 Å². The second kappa shape index (κ2) is 5.78. The molecule has 5 nitrogen and oxygen atoms in total. The van der Waals surface area contributed by atoms with Crippen LogP contribution < -0.4 is 9.64 Å². The summed E-state index contributed by atoms with van der Waals surface area (Å²) in [6.07, 6.45) is 0.346. The Bertz CT molecular complexity index is 965. The fraction of sp³-hybridized carbons (Fsp3) is 0.318.